The zero-order valence-corrected chi connectivity index (χ0v) is 18.3. The highest BCUT2D eigenvalue weighted by molar-refractivity contribution is 9.10. The summed E-state index contributed by atoms with van der Waals surface area (Å²) >= 11 is 3.39. The topological polar surface area (TPSA) is 75.6 Å². The Kier molecular flexibility index (Phi) is 6.37. The zero-order valence-electron chi connectivity index (χ0n) is 16.8. The molecule has 2 N–H and O–H groups in total. The van der Waals surface area contributed by atoms with Crippen LogP contribution in [0, 0.1) is 5.92 Å². The van der Waals surface area contributed by atoms with Gasteiger partial charge in [-0.2, -0.15) is 0 Å². The number of aliphatic carboxylic acids is 1. The monoisotopic (exact) mass is 479 g/mol. The van der Waals surface area contributed by atoms with E-state index < -0.39 is 18.0 Å². The van der Waals surface area contributed by atoms with Crippen LogP contribution in [0.5, 0.6) is 0 Å². The molecule has 1 atom stereocenters. The van der Waals surface area contributed by atoms with Crippen LogP contribution in [-0.2, 0) is 16.0 Å². The Morgan fingerprint density at radius 3 is 2.23 bits per heavy atom. The predicted octanol–water partition coefficient (Wildman–Crippen LogP) is 5.23. The van der Waals surface area contributed by atoms with Gasteiger partial charge in [0.1, 0.15) is 6.61 Å². The number of carbonyl (C=O) groups is 2. The molecule has 5 nitrogen and oxygen atoms in total. The molecule has 0 saturated carbocycles. The van der Waals surface area contributed by atoms with Crippen molar-refractivity contribution in [3.05, 3.63) is 94.0 Å². The molecule has 0 aliphatic heterocycles. The van der Waals surface area contributed by atoms with Crippen LogP contribution in [0.15, 0.2) is 77.3 Å². The third kappa shape index (κ3) is 4.80. The smallest absolute Gasteiger partial charge is 0.407 e. The Labute approximate surface area is 189 Å². The molecule has 6 heteroatoms. The van der Waals surface area contributed by atoms with Crippen LogP contribution in [0.3, 0.4) is 0 Å². The molecular weight excluding hydrogens is 458 g/mol. The number of hydrogen-bond donors (Lipinski definition) is 2. The first-order valence-corrected chi connectivity index (χ1v) is 10.9. The normalized spacial score (nSPS) is 13.2. The van der Waals surface area contributed by atoms with E-state index in [9.17, 15) is 14.7 Å². The van der Waals surface area contributed by atoms with Gasteiger partial charge >= 0.3 is 12.1 Å². The summed E-state index contributed by atoms with van der Waals surface area (Å²) < 4.78 is 6.38. The minimum Gasteiger partial charge on any atom is -0.481 e. The number of fused-ring (bicyclic) bond motifs is 3. The number of benzene rings is 3. The van der Waals surface area contributed by atoms with Gasteiger partial charge in [-0.3, -0.25) is 4.79 Å². The minimum absolute atomic E-state index is 0.00147. The van der Waals surface area contributed by atoms with Gasteiger partial charge in [0, 0.05) is 16.9 Å². The summed E-state index contributed by atoms with van der Waals surface area (Å²) in [6.45, 7) is 0.196. The Balaban J connectivity index is 1.36. The summed E-state index contributed by atoms with van der Waals surface area (Å²) in [5, 5.41) is 12.2. The quantitative estimate of drug-likeness (QED) is 0.486. The van der Waals surface area contributed by atoms with E-state index in [4.69, 9.17) is 4.74 Å². The maximum atomic E-state index is 12.3. The second kappa shape index (κ2) is 9.35. The van der Waals surface area contributed by atoms with E-state index in [0.29, 0.717) is 6.42 Å². The standard InChI is InChI=1S/C25H22BrNO4/c26-18-7-5-6-16(13-18)12-17(24(28)29)14-27-25(30)31-15-23-21-10-3-1-8-19(21)20-9-2-4-11-22(20)23/h1-11,13,17,23H,12,14-15H2,(H,27,30)(H,28,29)/t17-/m1/s1. The summed E-state index contributed by atoms with van der Waals surface area (Å²) in [4.78, 5) is 24.0. The van der Waals surface area contributed by atoms with E-state index in [0.717, 1.165) is 32.3 Å². The van der Waals surface area contributed by atoms with Crippen LogP contribution in [0.4, 0.5) is 4.79 Å². The van der Waals surface area contributed by atoms with Crippen molar-refractivity contribution < 1.29 is 19.4 Å². The van der Waals surface area contributed by atoms with Crippen LogP contribution < -0.4 is 5.32 Å². The highest BCUT2D eigenvalue weighted by Crippen LogP contribution is 2.44. The summed E-state index contributed by atoms with van der Waals surface area (Å²) in [6.07, 6.45) is -0.291. The lowest BCUT2D eigenvalue weighted by Gasteiger charge is -2.16. The molecule has 0 saturated heterocycles. The maximum Gasteiger partial charge on any atom is 0.407 e. The molecule has 0 spiro atoms. The Hall–Kier alpha value is -3.12. The molecule has 1 aliphatic carbocycles. The molecular formula is C25H22BrNO4. The Morgan fingerprint density at radius 2 is 1.61 bits per heavy atom. The van der Waals surface area contributed by atoms with Gasteiger partial charge in [-0.15, -0.1) is 0 Å². The minimum atomic E-state index is -0.959. The molecule has 0 unspecified atom stereocenters. The van der Waals surface area contributed by atoms with Gasteiger partial charge in [-0.05, 0) is 46.4 Å². The molecule has 31 heavy (non-hydrogen) atoms. The summed E-state index contributed by atoms with van der Waals surface area (Å²) in [5.74, 6) is -1.73. The number of nitrogens with one attached hydrogen (secondary N) is 1. The van der Waals surface area contributed by atoms with Crippen LogP contribution >= 0.6 is 15.9 Å². The molecule has 0 bridgehead atoms. The highest BCUT2D eigenvalue weighted by atomic mass is 79.9. The zero-order chi connectivity index (χ0) is 21.8. The van der Waals surface area contributed by atoms with Gasteiger partial charge < -0.3 is 15.2 Å². The third-order valence-corrected chi connectivity index (χ3v) is 6.05. The van der Waals surface area contributed by atoms with E-state index in [1.807, 2.05) is 48.5 Å². The number of amides is 1. The Bertz CT molecular complexity index is 1070. The lowest BCUT2D eigenvalue weighted by Crippen LogP contribution is -2.35. The molecule has 1 aliphatic rings. The highest BCUT2D eigenvalue weighted by Gasteiger charge is 2.29. The number of carbonyl (C=O) groups excluding carboxylic acids is 1. The number of carboxylic acid groups (broad SMARTS) is 1. The van der Waals surface area contributed by atoms with Crippen LogP contribution in [0.2, 0.25) is 0 Å². The second-order valence-electron chi connectivity index (χ2n) is 7.58. The number of rotatable bonds is 7. The summed E-state index contributed by atoms with van der Waals surface area (Å²) in [6, 6.07) is 23.7. The molecule has 1 amide bonds. The van der Waals surface area contributed by atoms with Crippen LogP contribution in [0.1, 0.15) is 22.6 Å². The van der Waals surface area contributed by atoms with E-state index in [2.05, 4.69) is 45.5 Å². The molecule has 0 fully saturated rings. The molecule has 0 heterocycles. The van der Waals surface area contributed by atoms with Crippen LogP contribution in [0.25, 0.3) is 11.1 Å². The van der Waals surface area contributed by atoms with Gasteiger partial charge in [0.05, 0.1) is 5.92 Å². The molecule has 0 radical (unpaired) electrons. The van der Waals surface area contributed by atoms with Crippen LogP contribution in [-0.4, -0.2) is 30.3 Å². The van der Waals surface area contributed by atoms with Gasteiger partial charge in [-0.1, -0.05) is 76.6 Å². The van der Waals surface area contributed by atoms with Gasteiger partial charge in [0.2, 0.25) is 0 Å². The summed E-state index contributed by atoms with van der Waals surface area (Å²) in [5.41, 5.74) is 5.47. The van der Waals surface area contributed by atoms with E-state index in [-0.39, 0.29) is 19.1 Å². The third-order valence-electron chi connectivity index (χ3n) is 5.56. The van der Waals surface area contributed by atoms with Crippen molar-refractivity contribution in [2.24, 2.45) is 5.92 Å². The van der Waals surface area contributed by atoms with Gasteiger partial charge in [0.25, 0.3) is 0 Å². The van der Waals surface area contributed by atoms with E-state index >= 15 is 0 Å². The fourth-order valence-electron chi connectivity index (χ4n) is 4.05. The van der Waals surface area contributed by atoms with Crippen molar-refractivity contribution in [2.45, 2.75) is 12.3 Å². The fourth-order valence-corrected chi connectivity index (χ4v) is 4.50. The van der Waals surface area contributed by atoms with E-state index in [1.54, 1.807) is 0 Å². The van der Waals surface area contributed by atoms with Crippen molar-refractivity contribution in [3.8, 4) is 11.1 Å². The Morgan fingerprint density at radius 1 is 0.968 bits per heavy atom. The van der Waals surface area contributed by atoms with Gasteiger partial charge in [-0.25, -0.2) is 4.79 Å². The first kappa shape index (κ1) is 21.1. The first-order valence-electron chi connectivity index (χ1n) is 10.1. The molecule has 0 aromatic heterocycles. The number of halogens is 1. The molecule has 3 aromatic rings. The van der Waals surface area contributed by atoms with Crippen molar-refractivity contribution in [1.82, 2.24) is 5.32 Å². The first-order chi connectivity index (χ1) is 15.0. The predicted molar refractivity (Wildman–Crippen MR) is 122 cm³/mol. The average Bonchev–Trinajstić information content (AvgIpc) is 3.09. The number of hydrogen-bond acceptors (Lipinski definition) is 3. The number of ether oxygens (including phenoxy) is 1. The molecule has 158 valence electrons. The lowest BCUT2D eigenvalue weighted by atomic mass is 9.98. The maximum absolute atomic E-state index is 12.3. The largest absolute Gasteiger partial charge is 0.481 e. The second-order valence-corrected chi connectivity index (χ2v) is 8.49. The SMILES string of the molecule is O=C(NC[C@@H](Cc1cccc(Br)c1)C(=O)O)OCC1c2ccccc2-c2ccccc21. The van der Waals surface area contributed by atoms with E-state index in [1.165, 1.54) is 0 Å². The lowest BCUT2D eigenvalue weighted by molar-refractivity contribution is -0.141. The number of carboxylic acids is 1. The molecule has 3 aromatic carbocycles. The fraction of sp³-hybridized carbons (Fsp3) is 0.200. The van der Waals surface area contributed by atoms with Gasteiger partial charge in [0.15, 0.2) is 0 Å². The number of alkyl carbamates (subject to hydrolysis) is 1. The van der Waals surface area contributed by atoms with Crippen molar-refractivity contribution in [1.29, 1.82) is 0 Å². The van der Waals surface area contributed by atoms with Crippen molar-refractivity contribution >= 4 is 28.0 Å². The summed E-state index contributed by atoms with van der Waals surface area (Å²) in [7, 11) is 0. The average molecular weight is 480 g/mol. The van der Waals surface area contributed by atoms with Crippen molar-refractivity contribution in [3.63, 3.8) is 0 Å². The molecule has 4 rings (SSSR count). The van der Waals surface area contributed by atoms with Crippen molar-refractivity contribution in [2.75, 3.05) is 13.2 Å².